The Morgan fingerprint density at radius 1 is 0.500 bits per heavy atom. The van der Waals surface area contributed by atoms with Gasteiger partial charge in [0, 0.05) is 6.92 Å². The van der Waals surface area contributed by atoms with E-state index in [1.807, 2.05) is 0 Å². The summed E-state index contributed by atoms with van der Waals surface area (Å²) in [4.78, 5) is 11.4. The van der Waals surface area contributed by atoms with Crippen LogP contribution in [0.15, 0.2) is 0 Å². The topological polar surface area (TPSA) is 26.3 Å². The predicted octanol–water partition coefficient (Wildman–Crippen LogP) is 11.3. The van der Waals surface area contributed by atoms with E-state index < -0.39 is 0 Å². The number of carbonyl (C=O) groups excluding carboxylic acids is 1. The maximum atomic E-state index is 11.4. The molecule has 0 amide bonds. The van der Waals surface area contributed by atoms with Crippen molar-refractivity contribution in [2.45, 2.75) is 194 Å². The summed E-state index contributed by atoms with van der Waals surface area (Å²) in [7, 11) is 0. The van der Waals surface area contributed by atoms with Crippen LogP contribution in [0.25, 0.3) is 0 Å². The van der Waals surface area contributed by atoms with Crippen molar-refractivity contribution in [2.24, 2.45) is 5.92 Å². The molecular weight excluding hydrogens is 416 g/mol. The first-order valence-electron chi connectivity index (χ1n) is 15.8. The molecule has 0 saturated heterocycles. The van der Waals surface area contributed by atoms with Crippen LogP contribution in [0.2, 0.25) is 0 Å². The molecule has 2 nitrogen and oxygen atoms in total. The first kappa shape index (κ1) is 33.5. The van der Waals surface area contributed by atoms with Crippen molar-refractivity contribution in [3.63, 3.8) is 0 Å². The number of rotatable bonds is 27. The highest BCUT2D eigenvalue weighted by molar-refractivity contribution is 5.66. The molecule has 0 aliphatic heterocycles. The van der Waals surface area contributed by atoms with Gasteiger partial charge in [0.1, 0.15) is 6.10 Å². The van der Waals surface area contributed by atoms with Crippen LogP contribution in [-0.2, 0) is 9.53 Å². The van der Waals surface area contributed by atoms with Crippen LogP contribution in [0, 0.1) is 5.92 Å². The molecule has 0 fully saturated rings. The van der Waals surface area contributed by atoms with E-state index in [9.17, 15) is 4.79 Å². The van der Waals surface area contributed by atoms with Gasteiger partial charge in [-0.1, -0.05) is 156 Å². The SMILES string of the molecule is CCCCCCCCCCC(C)CCCCCCCCCCC(CCCCCCC)OC(C)=O. The van der Waals surface area contributed by atoms with Crippen LogP contribution in [0.5, 0.6) is 0 Å². The lowest BCUT2D eigenvalue weighted by atomic mass is 9.95. The van der Waals surface area contributed by atoms with Crippen LogP contribution in [0.4, 0.5) is 0 Å². The Balaban J connectivity index is 3.47. The molecule has 0 bridgehead atoms. The second-order valence-electron chi connectivity index (χ2n) is 11.2. The van der Waals surface area contributed by atoms with Crippen LogP contribution in [-0.4, -0.2) is 12.1 Å². The van der Waals surface area contributed by atoms with Crippen molar-refractivity contribution in [2.75, 3.05) is 0 Å². The third kappa shape index (κ3) is 26.1. The Morgan fingerprint density at radius 3 is 1.12 bits per heavy atom. The summed E-state index contributed by atoms with van der Waals surface area (Å²) in [6, 6.07) is 0. The van der Waals surface area contributed by atoms with Gasteiger partial charge in [-0.3, -0.25) is 4.79 Å². The smallest absolute Gasteiger partial charge is 0.302 e. The maximum Gasteiger partial charge on any atom is 0.302 e. The van der Waals surface area contributed by atoms with Crippen LogP contribution in [0.3, 0.4) is 0 Å². The molecule has 2 atom stereocenters. The molecule has 0 aromatic rings. The predicted molar refractivity (Wildman–Crippen MR) is 151 cm³/mol. The zero-order valence-corrected chi connectivity index (χ0v) is 24.1. The highest BCUT2D eigenvalue weighted by Crippen LogP contribution is 2.20. The molecule has 0 aromatic heterocycles. The van der Waals surface area contributed by atoms with Gasteiger partial charge in [0.15, 0.2) is 0 Å². The quantitative estimate of drug-likeness (QED) is 0.0862. The molecule has 0 heterocycles. The second kappa shape index (κ2) is 27.1. The van der Waals surface area contributed by atoms with Gasteiger partial charge in [-0.15, -0.1) is 0 Å². The minimum atomic E-state index is -0.106. The van der Waals surface area contributed by atoms with E-state index in [1.165, 1.54) is 148 Å². The molecule has 34 heavy (non-hydrogen) atoms. The third-order valence-corrected chi connectivity index (χ3v) is 7.49. The highest BCUT2D eigenvalue weighted by Gasteiger charge is 2.11. The summed E-state index contributed by atoms with van der Waals surface area (Å²) in [5, 5.41) is 0. The summed E-state index contributed by atoms with van der Waals surface area (Å²) in [6.07, 6.45) is 34.0. The molecule has 0 aliphatic carbocycles. The number of hydrogen-bond donors (Lipinski definition) is 0. The first-order valence-corrected chi connectivity index (χ1v) is 15.8. The average molecular weight is 481 g/mol. The fraction of sp³-hybridized carbons (Fsp3) is 0.969. The second-order valence-corrected chi connectivity index (χ2v) is 11.2. The van der Waals surface area contributed by atoms with Gasteiger partial charge in [0.25, 0.3) is 0 Å². The monoisotopic (exact) mass is 480 g/mol. The molecule has 0 aliphatic rings. The van der Waals surface area contributed by atoms with Crippen molar-refractivity contribution >= 4 is 5.97 Å². The van der Waals surface area contributed by atoms with Gasteiger partial charge in [-0.25, -0.2) is 0 Å². The molecule has 0 aromatic carbocycles. The van der Waals surface area contributed by atoms with Crippen molar-refractivity contribution < 1.29 is 9.53 Å². The molecular formula is C32H64O2. The van der Waals surface area contributed by atoms with Gasteiger partial charge >= 0.3 is 5.97 Å². The zero-order valence-electron chi connectivity index (χ0n) is 24.1. The zero-order chi connectivity index (χ0) is 25.1. The minimum Gasteiger partial charge on any atom is -0.463 e. The van der Waals surface area contributed by atoms with Crippen molar-refractivity contribution in [3.8, 4) is 0 Å². The Bertz CT molecular complexity index is 406. The normalized spacial score (nSPS) is 13.2. The fourth-order valence-corrected chi connectivity index (χ4v) is 5.17. The van der Waals surface area contributed by atoms with Gasteiger partial charge in [0.2, 0.25) is 0 Å². The van der Waals surface area contributed by atoms with Crippen molar-refractivity contribution in [3.05, 3.63) is 0 Å². The van der Waals surface area contributed by atoms with Crippen molar-refractivity contribution in [1.29, 1.82) is 0 Å². The average Bonchev–Trinajstić information content (AvgIpc) is 2.81. The van der Waals surface area contributed by atoms with Crippen LogP contribution in [0.1, 0.15) is 188 Å². The standard InChI is InChI=1S/C32H64O2/c1-5-7-9-11-12-15-19-22-26-30(3)27-23-20-16-13-14-17-21-25-29-32(34-31(4)33)28-24-18-10-8-6-2/h30,32H,5-29H2,1-4H3. The molecule has 0 saturated carbocycles. The molecule has 204 valence electrons. The number of carbonyl (C=O) groups is 1. The number of hydrogen-bond acceptors (Lipinski definition) is 2. The summed E-state index contributed by atoms with van der Waals surface area (Å²) in [5.74, 6) is 0.822. The molecule has 0 N–H and O–H groups in total. The number of unbranched alkanes of at least 4 members (excludes halogenated alkanes) is 18. The Morgan fingerprint density at radius 2 is 0.794 bits per heavy atom. The molecule has 2 unspecified atom stereocenters. The van der Waals surface area contributed by atoms with Crippen molar-refractivity contribution in [1.82, 2.24) is 0 Å². The Hall–Kier alpha value is -0.530. The van der Waals surface area contributed by atoms with E-state index >= 15 is 0 Å². The van der Waals surface area contributed by atoms with Crippen LogP contribution < -0.4 is 0 Å². The lowest BCUT2D eigenvalue weighted by molar-refractivity contribution is -0.147. The van der Waals surface area contributed by atoms with E-state index in [0.29, 0.717) is 0 Å². The fourth-order valence-electron chi connectivity index (χ4n) is 5.17. The summed E-state index contributed by atoms with van der Waals surface area (Å²) in [5.41, 5.74) is 0. The molecule has 0 spiro atoms. The van der Waals surface area contributed by atoms with Gasteiger partial charge in [-0.05, 0) is 31.6 Å². The van der Waals surface area contributed by atoms with Gasteiger partial charge < -0.3 is 4.74 Å². The van der Waals surface area contributed by atoms with Crippen LogP contribution >= 0.6 is 0 Å². The lowest BCUT2D eigenvalue weighted by Crippen LogP contribution is -2.16. The van der Waals surface area contributed by atoms with E-state index in [1.54, 1.807) is 6.92 Å². The molecule has 2 heteroatoms. The van der Waals surface area contributed by atoms with E-state index in [0.717, 1.165) is 18.8 Å². The minimum absolute atomic E-state index is 0.106. The van der Waals surface area contributed by atoms with Gasteiger partial charge in [-0.2, -0.15) is 0 Å². The Labute approximate surface area is 215 Å². The number of esters is 1. The maximum absolute atomic E-state index is 11.4. The van der Waals surface area contributed by atoms with E-state index in [4.69, 9.17) is 4.74 Å². The molecule has 0 radical (unpaired) electrons. The van der Waals surface area contributed by atoms with E-state index in [-0.39, 0.29) is 12.1 Å². The lowest BCUT2D eigenvalue weighted by Gasteiger charge is -2.17. The number of ether oxygens (including phenoxy) is 1. The third-order valence-electron chi connectivity index (χ3n) is 7.49. The summed E-state index contributed by atoms with van der Waals surface area (Å²) >= 11 is 0. The largest absolute Gasteiger partial charge is 0.463 e. The highest BCUT2D eigenvalue weighted by atomic mass is 16.5. The Kier molecular flexibility index (Phi) is 26.6. The van der Waals surface area contributed by atoms with Gasteiger partial charge in [0.05, 0.1) is 0 Å². The molecule has 0 rings (SSSR count). The first-order chi connectivity index (χ1) is 16.6. The summed E-state index contributed by atoms with van der Waals surface area (Å²) < 4.78 is 5.56. The van der Waals surface area contributed by atoms with E-state index in [2.05, 4.69) is 20.8 Å². The summed E-state index contributed by atoms with van der Waals surface area (Å²) in [6.45, 7) is 8.57.